The molecule has 0 amide bonds. The van der Waals surface area contributed by atoms with E-state index >= 15 is 0 Å². The second-order valence-corrected chi connectivity index (χ2v) is 5.76. The van der Waals surface area contributed by atoms with Gasteiger partial charge in [0, 0.05) is 6.54 Å². The summed E-state index contributed by atoms with van der Waals surface area (Å²) in [5.41, 5.74) is 0.636. The van der Waals surface area contributed by atoms with Crippen molar-refractivity contribution < 1.29 is 9.53 Å². The molecular formula is C17H25NO2. The van der Waals surface area contributed by atoms with Crippen LogP contribution in [-0.4, -0.2) is 37.4 Å². The van der Waals surface area contributed by atoms with E-state index in [-0.39, 0.29) is 0 Å². The Kier molecular flexibility index (Phi) is 6.06. The fourth-order valence-electron chi connectivity index (χ4n) is 2.82. The van der Waals surface area contributed by atoms with Gasteiger partial charge < -0.3 is 9.64 Å². The maximum atomic E-state index is 10.9. The topological polar surface area (TPSA) is 29.5 Å². The minimum atomic E-state index is 0.636. The fraction of sp³-hybridized carbons (Fsp3) is 0.588. The highest BCUT2D eigenvalue weighted by molar-refractivity contribution is 5.79. The van der Waals surface area contributed by atoms with Gasteiger partial charge in [-0.3, -0.25) is 4.79 Å². The third-order valence-corrected chi connectivity index (χ3v) is 3.91. The lowest BCUT2D eigenvalue weighted by molar-refractivity contribution is 0.111. The Morgan fingerprint density at radius 3 is 3.00 bits per heavy atom. The number of nitrogens with zero attached hydrogens (tertiary/aromatic N) is 1. The molecule has 1 atom stereocenters. The van der Waals surface area contributed by atoms with Crippen LogP contribution in [0.2, 0.25) is 0 Å². The molecule has 110 valence electrons. The van der Waals surface area contributed by atoms with Gasteiger partial charge in [-0.25, -0.2) is 0 Å². The molecule has 2 rings (SSSR count). The summed E-state index contributed by atoms with van der Waals surface area (Å²) in [6.45, 7) is 6.69. The van der Waals surface area contributed by atoms with E-state index in [9.17, 15) is 4.79 Å². The van der Waals surface area contributed by atoms with Crippen LogP contribution >= 0.6 is 0 Å². The number of aldehydes is 1. The number of carbonyl (C=O) groups is 1. The van der Waals surface area contributed by atoms with Crippen molar-refractivity contribution in [1.29, 1.82) is 0 Å². The van der Waals surface area contributed by atoms with Crippen LogP contribution in [0, 0.1) is 5.92 Å². The highest BCUT2D eigenvalue weighted by Gasteiger charge is 2.15. The number of benzene rings is 1. The van der Waals surface area contributed by atoms with Crippen molar-refractivity contribution in [2.75, 3.05) is 26.2 Å². The summed E-state index contributed by atoms with van der Waals surface area (Å²) in [6, 6.07) is 7.40. The summed E-state index contributed by atoms with van der Waals surface area (Å²) in [5, 5.41) is 0. The predicted octanol–water partition coefficient (Wildman–Crippen LogP) is 3.39. The van der Waals surface area contributed by atoms with Gasteiger partial charge in [0.2, 0.25) is 0 Å². The lowest BCUT2D eigenvalue weighted by atomic mass is 10.0. The number of likely N-dealkylation sites (tertiary alicyclic amines) is 1. The maximum absolute atomic E-state index is 10.9. The Balaban J connectivity index is 1.63. The van der Waals surface area contributed by atoms with Crippen molar-refractivity contribution in [2.24, 2.45) is 5.92 Å². The average Bonchev–Trinajstić information content (AvgIpc) is 2.47. The summed E-state index contributed by atoms with van der Waals surface area (Å²) >= 11 is 0. The molecule has 1 aromatic carbocycles. The summed E-state index contributed by atoms with van der Waals surface area (Å²) in [4.78, 5) is 13.4. The third-order valence-electron chi connectivity index (χ3n) is 3.91. The molecule has 0 unspecified atom stereocenters. The van der Waals surface area contributed by atoms with E-state index in [0.717, 1.165) is 25.0 Å². The molecule has 0 bridgehead atoms. The van der Waals surface area contributed by atoms with E-state index in [1.54, 1.807) is 6.07 Å². The van der Waals surface area contributed by atoms with Crippen LogP contribution in [0.25, 0.3) is 0 Å². The van der Waals surface area contributed by atoms with E-state index in [0.29, 0.717) is 17.9 Å². The highest BCUT2D eigenvalue weighted by Crippen LogP contribution is 2.17. The molecule has 3 nitrogen and oxygen atoms in total. The minimum Gasteiger partial charge on any atom is -0.493 e. The highest BCUT2D eigenvalue weighted by atomic mass is 16.5. The van der Waals surface area contributed by atoms with Gasteiger partial charge in [-0.15, -0.1) is 0 Å². The number of unbranched alkanes of at least 4 members (excludes halogenated alkanes) is 1. The quantitative estimate of drug-likeness (QED) is 0.564. The van der Waals surface area contributed by atoms with Crippen LogP contribution in [0.3, 0.4) is 0 Å². The van der Waals surface area contributed by atoms with Gasteiger partial charge in [-0.05, 0) is 56.8 Å². The van der Waals surface area contributed by atoms with Crippen molar-refractivity contribution in [3.63, 3.8) is 0 Å². The molecule has 0 spiro atoms. The molecule has 0 saturated carbocycles. The standard InChI is InChI=1S/C17H25NO2/c1-15-7-6-11-18(13-15)10-4-5-12-20-17-9-3-2-8-16(17)14-19/h2-3,8-9,14-15H,4-7,10-13H2,1H3/t15-/m1/s1. The van der Waals surface area contributed by atoms with Crippen LogP contribution in [0.15, 0.2) is 24.3 Å². The van der Waals surface area contributed by atoms with E-state index < -0.39 is 0 Å². The first-order chi connectivity index (χ1) is 9.79. The largest absolute Gasteiger partial charge is 0.493 e. The van der Waals surface area contributed by atoms with Crippen LogP contribution in [0.5, 0.6) is 5.75 Å². The zero-order valence-corrected chi connectivity index (χ0v) is 12.4. The number of hydrogen-bond donors (Lipinski definition) is 0. The zero-order chi connectivity index (χ0) is 14.2. The molecule has 0 aliphatic carbocycles. The van der Waals surface area contributed by atoms with Crippen LogP contribution in [0.4, 0.5) is 0 Å². The first kappa shape index (κ1) is 15.0. The molecule has 0 radical (unpaired) electrons. The molecule has 1 saturated heterocycles. The van der Waals surface area contributed by atoms with Gasteiger partial charge in [0.15, 0.2) is 6.29 Å². The molecule has 0 aromatic heterocycles. The van der Waals surface area contributed by atoms with Gasteiger partial charge in [-0.1, -0.05) is 19.1 Å². The molecule has 0 N–H and O–H groups in total. The van der Waals surface area contributed by atoms with Crippen molar-refractivity contribution >= 4 is 6.29 Å². The van der Waals surface area contributed by atoms with Gasteiger partial charge in [0.25, 0.3) is 0 Å². The SMILES string of the molecule is C[C@@H]1CCCN(CCCCOc2ccccc2C=O)C1. The summed E-state index contributed by atoms with van der Waals surface area (Å²) in [5.74, 6) is 1.55. The normalized spacial score (nSPS) is 19.8. The number of para-hydroxylation sites is 1. The smallest absolute Gasteiger partial charge is 0.153 e. The Hall–Kier alpha value is -1.35. The maximum Gasteiger partial charge on any atom is 0.153 e. The fourth-order valence-corrected chi connectivity index (χ4v) is 2.82. The van der Waals surface area contributed by atoms with E-state index in [1.807, 2.05) is 18.2 Å². The van der Waals surface area contributed by atoms with Crippen LogP contribution < -0.4 is 4.74 Å². The first-order valence-corrected chi connectivity index (χ1v) is 7.69. The van der Waals surface area contributed by atoms with Gasteiger partial charge in [-0.2, -0.15) is 0 Å². The summed E-state index contributed by atoms with van der Waals surface area (Å²) in [6.07, 6.45) is 5.77. The summed E-state index contributed by atoms with van der Waals surface area (Å²) < 4.78 is 5.69. The van der Waals surface area contributed by atoms with Gasteiger partial charge >= 0.3 is 0 Å². The monoisotopic (exact) mass is 275 g/mol. The van der Waals surface area contributed by atoms with Crippen LogP contribution in [-0.2, 0) is 0 Å². The number of hydrogen-bond acceptors (Lipinski definition) is 3. The Morgan fingerprint density at radius 2 is 2.20 bits per heavy atom. The number of ether oxygens (including phenoxy) is 1. The molecule has 1 aliphatic heterocycles. The predicted molar refractivity (Wildman–Crippen MR) is 81.4 cm³/mol. The minimum absolute atomic E-state index is 0.636. The second-order valence-electron chi connectivity index (χ2n) is 5.76. The molecular weight excluding hydrogens is 250 g/mol. The van der Waals surface area contributed by atoms with E-state index in [1.165, 1.54) is 32.5 Å². The lowest BCUT2D eigenvalue weighted by Gasteiger charge is -2.30. The van der Waals surface area contributed by atoms with Crippen LogP contribution in [0.1, 0.15) is 43.0 Å². The average molecular weight is 275 g/mol. The Bertz CT molecular complexity index is 419. The van der Waals surface area contributed by atoms with Gasteiger partial charge in [0.05, 0.1) is 12.2 Å². The molecule has 20 heavy (non-hydrogen) atoms. The number of piperidine rings is 1. The number of carbonyl (C=O) groups excluding carboxylic acids is 1. The van der Waals surface area contributed by atoms with Crippen molar-refractivity contribution in [3.05, 3.63) is 29.8 Å². The molecule has 3 heteroatoms. The van der Waals surface area contributed by atoms with E-state index in [2.05, 4.69) is 11.8 Å². The molecule has 1 aliphatic rings. The Morgan fingerprint density at radius 1 is 1.35 bits per heavy atom. The van der Waals surface area contributed by atoms with Gasteiger partial charge in [0.1, 0.15) is 5.75 Å². The molecule has 1 heterocycles. The molecule has 1 fully saturated rings. The number of rotatable bonds is 7. The van der Waals surface area contributed by atoms with Crippen molar-refractivity contribution in [3.8, 4) is 5.75 Å². The van der Waals surface area contributed by atoms with Crippen molar-refractivity contribution in [1.82, 2.24) is 4.90 Å². The first-order valence-electron chi connectivity index (χ1n) is 7.69. The summed E-state index contributed by atoms with van der Waals surface area (Å²) in [7, 11) is 0. The Labute approximate surface area is 121 Å². The van der Waals surface area contributed by atoms with Crippen molar-refractivity contribution in [2.45, 2.75) is 32.6 Å². The third kappa shape index (κ3) is 4.64. The second kappa shape index (κ2) is 8.05. The van der Waals surface area contributed by atoms with E-state index in [4.69, 9.17) is 4.74 Å². The lowest BCUT2D eigenvalue weighted by Crippen LogP contribution is -2.35. The molecule has 1 aromatic rings. The zero-order valence-electron chi connectivity index (χ0n) is 12.4.